The highest BCUT2D eigenvalue weighted by Gasteiger charge is 2.22. The van der Waals surface area contributed by atoms with Crippen molar-refractivity contribution in [2.24, 2.45) is 0 Å². The van der Waals surface area contributed by atoms with Crippen LogP contribution in [0.15, 0.2) is 36.5 Å². The Hall–Kier alpha value is -2.83. The van der Waals surface area contributed by atoms with Crippen LogP contribution in [0.5, 0.6) is 0 Å². The summed E-state index contributed by atoms with van der Waals surface area (Å²) in [5.41, 5.74) is 1.28. The molecule has 0 aliphatic carbocycles. The van der Waals surface area contributed by atoms with Gasteiger partial charge in [0.1, 0.15) is 5.82 Å². The average molecular weight is 330 g/mol. The van der Waals surface area contributed by atoms with Gasteiger partial charge in [0.25, 0.3) is 0 Å². The fourth-order valence-corrected chi connectivity index (χ4v) is 2.33. The van der Waals surface area contributed by atoms with E-state index in [9.17, 15) is 9.59 Å². The van der Waals surface area contributed by atoms with Crippen molar-refractivity contribution in [2.45, 2.75) is 39.2 Å². The number of nitrogens with one attached hydrogen (secondary N) is 2. The van der Waals surface area contributed by atoms with Crippen molar-refractivity contribution in [3.8, 4) is 5.69 Å². The highest BCUT2D eigenvalue weighted by atomic mass is 16.4. The van der Waals surface area contributed by atoms with Gasteiger partial charge in [0, 0.05) is 18.0 Å². The second-order valence-electron chi connectivity index (χ2n) is 6.27. The standard InChI is InChI=1S/C17H22N4O3/c1-12-6-4-5-7-13(12)21-14(9-11-18-21)19-16(24)20-17(2,3)10-8-15(22)23/h4-7,9,11H,8,10H2,1-3H3,(H,22,23)(H2,19,20,24). The lowest BCUT2D eigenvalue weighted by Crippen LogP contribution is -2.46. The van der Waals surface area contributed by atoms with Crippen LogP contribution in [0.1, 0.15) is 32.3 Å². The first-order valence-corrected chi connectivity index (χ1v) is 7.69. The van der Waals surface area contributed by atoms with Crippen LogP contribution in [0.25, 0.3) is 5.69 Å². The van der Waals surface area contributed by atoms with E-state index in [0.29, 0.717) is 12.2 Å². The molecule has 3 N–H and O–H groups in total. The van der Waals surface area contributed by atoms with Crippen LogP contribution in [-0.4, -0.2) is 32.4 Å². The van der Waals surface area contributed by atoms with Crippen LogP contribution in [0.2, 0.25) is 0 Å². The molecule has 0 bridgehead atoms. The Morgan fingerprint density at radius 1 is 1.25 bits per heavy atom. The molecule has 1 heterocycles. The van der Waals surface area contributed by atoms with E-state index in [4.69, 9.17) is 5.11 Å². The van der Waals surface area contributed by atoms with Gasteiger partial charge < -0.3 is 10.4 Å². The number of rotatable bonds is 6. The summed E-state index contributed by atoms with van der Waals surface area (Å²) >= 11 is 0. The number of carbonyl (C=O) groups excluding carboxylic acids is 1. The number of benzene rings is 1. The van der Waals surface area contributed by atoms with Crippen molar-refractivity contribution in [2.75, 3.05) is 5.32 Å². The number of para-hydroxylation sites is 1. The van der Waals surface area contributed by atoms with Gasteiger partial charge in [0.15, 0.2) is 0 Å². The largest absolute Gasteiger partial charge is 0.481 e. The number of hydrogen-bond acceptors (Lipinski definition) is 3. The summed E-state index contributed by atoms with van der Waals surface area (Å²) in [6.07, 6.45) is 1.94. The number of aromatic nitrogens is 2. The third kappa shape index (κ3) is 4.58. The van der Waals surface area contributed by atoms with Crippen LogP contribution in [-0.2, 0) is 4.79 Å². The molecule has 7 nitrogen and oxygen atoms in total. The molecule has 0 unspecified atom stereocenters. The maximum absolute atomic E-state index is 12.2. The smallest absolute Gasteiger partial charge is 0.320 e. The molecule has 0 spiro atoms. The van der Waals surface area contributed by atoms with Crippen LogP contribution in [0.3, 0.4) is 0 Å². The van der Waals surface area contributed by atoms with E-state index in [1.807, 2.05) is 31.2 Å². The van der Waals surface area contributed by atoms with Gasteiger partial charge in [-0.25, -0.2) is 9.48 Å². The maximum Gasteiger partial charge on any atom is 0.320 e. The number of anilines is 1. The van der Waals surface area contributed by atoms with Crippen LogP contribution in [0.4, 0.5) is 10.6 Å². The average Bonchev–Trinajstić information content (AvgIpc) is 2.93. The van der Waals surface area contributed by atoms with Gasteiger partial charge in [-0.15, -0.1) is 0 Å². The van der Waals surface area contributed by atoms with Gasteiger partial charge >= 0.3 is 12.0 Å². The quantitative estimate of drug-likeness (QED) is 0.758. The molecule has 2 rings (SSSR count). The third-order valence-corrected chi connectivity index (χ3v) is 3.64. The molecule has 0 aliphatic rings. The predicted octanol–water partition coefficient (Wildman–Crippen LogP) is 2.95. The molecule has 1 aromatic carbocycles. The number of carboxylic acids is 1. The molecule has 0 saturated heterocycles. The van der Waals surface area contributed by atoms with E-state index in [1.54, 1.807) is 30.8 Å². The Bertz CT molecular complexity index is 737. The van der Waals surface area contributed by atoms with Crippen molar-refractivity contribution in [3.63, 3.8) is 0 Å². The van der Waals surface area contributed by atoms with Crippen molar-refractivity contribution in [1.29, 1.82) is 0 Å². The lowest BCUT2D eigenvalue weighted by molar-refractivity contribution is -0.137. The number of aliphatic carboxylic acids is 1. The number of carboxylic acid groups (broad SMARTS) is 1. The summed E-state index contributed by atoms with van der Waals surface area (Å²) < 4.78 is 1.65. The van der Waals surface area contributed by atoms with Gasteiger partial charge in [-0.2, -0.15) is 5.10 Å². The molecule has 0 saturated carbocycles. The molecule has 0 fully saturated rings. The molecule has 0 aliphatic heterocycles. The lowest BCUT2D eigenvalue weighted by Gasteiger charge is -2.25. The number of aryl methyl sites for hydroxylation is 1. The van der Waals surface area contributed by atoms with Gasteiger partial charge in [0.05, 0.1) is 11.9 Å². The number of urea groups is 1. The minimum atomic E-state index is -0.886. The monoisotopic (exact) mass is 330 g/mol. The predicted molar refractivity (Wildman–Crippen MR) is 91.4 cm³/mol. The Balaban J connectivity index is 2.07. The minimum Gasteiger partial charge on any atom is -0.481 e. The van der Waals surface area contributed by atoms with Gasteiger partial charge in [-0.1, -0.05) is 18.2 Å². The van der Waals surface area contributed by atoms with Crippen molar-refractivity contribution in [3.05, 3.63) is 42.1 Å². The zero-order valence-corrected chi connectivity index (χ0v) is 14.0. The summed E-state index contributed by atoms with van der Waals surface area (Å²) in [6.45, 7) is 5.54. The number of nitrogens with zero attached hydrogens (tertiary/aromatic N) is 2. The van der Waals surface area contributed by atoms with Crippen LogP contribution in [0, 0.1) is 6.92 Å². The molecule has 0 radical (unpaired) electrons. The number of carbonyl (C=O) groups is 2. The maximum atomic E-state index is 12.2. The zero-order valence-electron chi connectivity index (χ0n) is 14.0. The van der Waals surface area contributed by atoms with E-state index in [2.05, 4.69) is 15.7 Å². The van der Waals surface area contributed by atoms with Gasteiger partial charge in [-0.3, -0.25) is 10.1 Å². The highest BCUT2D eigenvalue weighted by Crippen LogP contribution is 2.18. The normalized spacial score (nSPS) is 11.1. The Morgan fingerprint density at radius 2 is 1.96 bits per heavy atom. The topological polar surface area (TPSA) is 96.3 Å². The van der Waals surface area contributed by atoms with Gasteiger partial charge in [0.2, 0.25) is 0 Å². The summed E-state index contributed by atoms with van der Waals surface area (Å²) in [5.74, 6) is -0.348. The minimum absolute atomic E-state index is 0.00553. The van der Waals surface area contributed by atoms with Crippen molar-refractivity contribution < 1.29 is 14.7 Å². The zero-order chi connectivity index (χ0) is 17.7. The molecule has 1 aromatic heterocycles. The molecule has 2 aromatic rings. The third-order valence-electron chi connectivity index (χ3n) is 3.64. The Kier molecular flexibility index (Phi) is 5.23. The van der Waals surface area contributed by atoms with E-state index >= 15 is 0 Å². The second-order valence-corrected chi connectivity index (χ2v) is 6.27. The second kappa shape index (κ2) is 7.16. The fourth-order valence-electron chi connectivity index (χ4n) is 2.33. The SMILES string of the molecule is Cc1ccccc1-n1nccc1NC(=O)NC(C)(C)CCC(=O)O. The first kappa shape index (κ1) is 17.5. The van der Waals surface area contributed by atoms with E-state index in [-0.39, 0.29) is 6.42 Å². The number of amides is 2. The van der Waals surface area contributed by atoms with Crippen LogP contribution >= 0.6 is 0 Å². The molecule has 24 heavy (non-hydrogen) atoms. The number of hydrogen-bond donors (Lipinski definition) is 3. The first-order chi connectivity index (χ1) is 11.3. The van der Waals surface area contributed by atoms with Gasteiger partial charge in [-0.05, 0) is 38.8 Å². The van der Waals surface area contributed by atoms with E-state index in [1.165, 1.54) is 0 Å². The van der Waals surface area contributed by atoms with Crippen LogP contribution < -0.4 is 10.6 Å². The Morgan fingerprint density at radius 3 is 2.62 bits per heavy atom. The molecule has 128 valence electrons. The van der Waals surface area contributed by atoms with E-state index in [0.717, 1.165) is 11.3 Å². The van der Waals surface area contributed by atoms with Crippen molar-refractivity contribution >= 4 is 17.8 Å². The lowest BCUT2D eigenvalue weighted by atomic mass is 9.99. The summed E-state index contributed by atoms with van der Waals surface area (Å²) in [5, 5.41) is 18.6. The Labute approximate surface area is 140 Å². The summed E-state index contributed by atoms with van der Waals surface area (Å²) in [7, 11) is 0. The fraction of sp³-hybridized carbons (Fsp3) is 0.353. The van der Waals surface area contributed by atoms with E-state index < -0.39 is 17.5 Å². The summed E-state index contributed by atoms with van der Waals surface area (Å²) in [4.78, 5) is 22.9. The first-order valence-electron chi connectivity index (χ1n) is 7.69. The highest BCUT2D eigenvalue weighted by molar-refractivity contribution is 5.89. The van der Waals surface area contributed by atoms with Crippen molar-refractivity contribution in [1.82, 2.24) is 15.1 Å². The molecular formula is C17H22N4O3. The summed E-state index contributed by atoms with van der Waals surface area (Å²) in [6, 6.07) is 9.03. The molecule has 7 heteroatoms. The molecular weight excluding hydrogens is 308 g/mol. The molecule has 2 amide bonds. The molecule has 0 atom stereocenters.